The zero-order chi connectivity index (χ0) is 30.2. The van der Waals surface area contributed by atoms with Crippen LogP contribution in [0.3, 0.4) is 0 Å². The second-order valence-electron chi connectivity index (χ2n) is 8.98. The van der Waals surface area contributed by atoms with Crippen LogP contribution in [-0.2, 0) is 16.8 Å². The average molecular weight is 569 g/mol. The van der Waals surface area contributed by atoms with Gasteiger partial charge in [0.1, 0.15) is 30.2 Å². The first-order valence-electron chi connectivity index (χ1n) is 12.8. The van der Waals surface area contributed by atoms with E-state index in [0.717, 1.165) is 13.4 Å². The predicted octanol–water partition coefficient (Wildman–Crippen LogP) is 5.41. The lowest BCUT2D eigenvalue weighted by atomic mass is 9.83. The van der Waals surface area contributed by atoms with Crippen molar-refractivity contribution in [2.24, 2.45) is 0 Å². The Morgan fingerprint density at radius 2 is 1.68 bits per heavy atom. The molecule has 0 atom stereocenters. The topological polar surface area (TPSA) is 137 Å². The number of aliphatic hydroxyl groups excluding tert-OH is 1. The second-order valence-corrected chi connectivity index (χ2v) is 8.98. The Kier molecular flexibility index (Phi) is 10.4. The van der Waals surface area contributed by atoms with E-state index in [9.17, 15) is 18.0 Å². The Labute approximate surface area is 235 Å². The monoisotopic (exact) mass is 568 g/mol. The molecule has 0 aliphatic carbocycles. The van der Waals surface area contributed by atoms with Crippen molar-refractivity contribution < 1.29 is 27.8 Å². The first-order chi connectivity index (χ1) is 19.7. The number of nitrogens with two attached hydrogens (primary N) is 1. The number of aromatic nitrogens is 5. The van der Waals surface area contributed by atoms with Gasteiger partial charge >= 0.3 is 0 Å². The highest BCUT2D eigenvalue weighted by molar-refractivity contribution is 5.85. The molecular weight excluding hydrogens is 537 g/mol. The molecule has 0 radical (unpaired) electrons. The van der Waals surface area contributed by atoms with Gasteiger partial charge in [-0.2, -0.15) is 4.98 Å². The lowest BCUT2D eigenvalue weighted by Crippen LogP contribution is -2.29. The van der Waals surface area contributed by atoms with Crippen LogP contribution in [0.2, 0.25) is 0 Å². The number of ether oxygens (including phenoxy) is 1. The molecule has 3 aromatic heterocycles. The molecule has 0 aliphatic heterocycles. The summed E-state index contributed by atoms with van der Waals surface area (Å²) in [5.74, 6) is -0.193. The average Bonchev–Trinajstić information content (AvgIpc) is 2.98. The van der Waals surface area contributed by atoms with Gasteiger partial charge in [-0.05, 0) is 67.8 Å². The van der Waals surface area contributed by atoms with Crippen molar-refractivity contribution in [2.45, 2.75) is 52.1 Å². The number of hydrogen-bond donors (Lipinski definition) is 2. The molecule has 12 heteroatoms. The third kappa shape index (κ3) is 7.01. The first-order valence-corrected chi connectivity index (χ1v) is 12.8. The minimum absolute atomic E-state index is 0.0143. The normalized spacial score (nSPS) is 11.1. The van der Waals surface area contributed by atoms with Crippen molar-refractivity contribution in [2.75, 3.05) is 12.8 Å². The third-order valence-corrected chi connectivity index (χ3v) is 6.50. The molecule has 0 spiro atoms. The van der Waals surface area contributed by atoms with E-state index in [1.165, 1.54) is 30.3 Å². The zero-order valence-electron chi connectivity index (χ0n) is 23.1. The highest BCUT2D eigenvalue weighted by Gasteiger charge is 2.31. The van der Waals surface area contributed by atoms with E-state index >= 15 is 0 Å². The molecular formula is C29H31F3N6O3. The van der Waals surface area contributed by atoms with Gasteiger partial charge in [-0.3, -0.25) is 4.98 Å². The smallest absolute Gasteiger partial charge is 0.280 e. The standard InChI is InChI=1S/C28H27F3N6O2.CH4O/c1-4-28(5-2,15-38)26-33-11-10-20(35-26)14-39-25-22(18-12-16(3)34-21(13-18)24(30)31)23(36-27(32)37-25)17-6-8-19(29)9-7-17;1-2/h6-13,15,24H,4-5,14H2,1-3H3,(H2,32,36,37);2H,1H3. The van der Waals surface area contributed by atoms with Crippen LogP contribution in [0.4, 0.5) is 19.1 Å². The molecule has 3 N–H and O–H groups in total. The maximum atomic E-state index is 13.7. The van der Waals surface area contributed by atoms with Crippen LogP contribution < -0.4 is 10.5 Å². The number of pyridine rings is 1. The number of nitrogen functional groups attached to an aromatic ring is 1. The number of alkyl halides is 2. The minimum Gasteiger partial charge on any atom is -0.471 e. The van der Waals surface area contributed by atoms with Gasteiger partial charge in [-0.15, -0.1) is 0 Å². The van der Waals surface area contributed by atoms with Gasteiger partial charge in [0.05, 0.1) is 22.4 Å². The summed E-state index contributed by atoms with van der Waals surface area (Å²) in [6.07, 6.45) is 0.645. The summed E-state index contributed by atoms with van der Waals surface area (Å²) in [6, 6.07) is 9.98. The van der Waals surface area contributed by atoms with Gasteiger partial charge in [-0.25, -0.2) is 28.1 Å². The van der Waals surface area contributed by atoms with E-state index < -0.39 is 23.4 Å². The molecule has 41 heavy (non-hydrogen) atoms. The van der Waals surface area contributed by atoms with Crippen molar-refractivity contribution in [3.05, 3.63) is 77.4 Å². The highest BCUT2D eigenvalue weighted by Crippen LogP contribution is 2.39. The molecule has 1 aromatic carbocycles. The molecule has 0 bridgehead atoms. The summed E-state index contributed by atoms with van der Waals surface area (Å²) in [7, 11) is 1.00. The third-order valence-electron chi connectivity index (χ3n) is 6.50. The van der Waals surface area contributed by atoms with Gasteiger partial charge in [0.2, 0.25) is 11.8 Å². The van der Waals surface area contributed by atoms with Gasteiger partial charge in [0, 0.05) is 24.6 Å². The number of halogens is 3. The van der Waals surface area contributed by atoms with Gasteiger partial charge < -0.3 is 20.4 Å². The Morgan fingerprint density at radius 3 is 2.29 bits per heavy atom. The second kappa shape index (κ2) is 13.8. The van der Waals surface area contributed by atoms with Crippen LogP contribution >= 0.6 is 0 Å². The number of carbonyl (C=O) groups is 1. The van der Waals surface area contributed by atoms with Crippen LogP contribution in [0.5, 0.6) is 5.88 Å². The summed E-state index contributed by atoms with van der Waals surface area (Å²) in [5, 5.41) is 7.00. The van der Waals surface area contributed by atoms with Crippen molar-refractivity contribution in [1.29, 1.82) is 0 Å². The van der Waals surface area contributed by atoms with Crippen LogP contribution in [0.25, 0.3) is 22.4 Å². The number of anilines is 1. The number of nitrogens with zero attached hydrogens (tertiary/aromatic N) is 5. The quantitative estimate of drug-likeness (QED) is 0.241. The lowest BCUT2D eigenvalue weighted by molar-refractivity contribution is -0.113. The summed E-state index contributed by atoms with van der Waals surface area (Å²) >= 11 is 0. The first kappa shape index (κ1) is 31.1. The van der Waals surface area contributed by atoms with E-state index in [0.29, 0.717) is 41.2 Å². The van der Waals surface area contributed by atoms with Gasteiger partial charge in [0.25, 0.3) is 6.43 Å². The number of aliphatic hydroxyl groups is 1. The number of benzene rings is 1. The molecule has 216 valence electrons. The lowest BCUT2D eigenvalue weighted by Gasteiger charge is -2.23. The van der Waals surface area contributed by atoms with E-state index in [4.69, 9.17) is 15.6 Å². The molecule has 0 amide bonds. The predicted molar refractivity (Wildman–Crippen MR) is 148 cm³/mol. The molecule has 0 aliphatic rings. The maximum absolute atomic E-state index is 13.7. The molecule has 0 saturated heterocycles. The van der Waals surface area contributed by atoms with Crippen molar-refractivity contribution in [1.82, 2.24) is 24.9 Å². The van der Waals surface area contributed by atoms with E-state index in [1.807, 2.05) is 13.8 Å². The van der Waals surface area contributed by atoms with Crippen LogP contribution in [-0.4, -0.2) is 43.4 Å². The highest BCUT2D eigenvalue weighted by atomic mass is 19.3. The molecule has 0 fully saturated rings. The minimum atomic E-state index is -2.81. The summed E-state index contributed by atoms with van der Waals surface area (Å²) in [6.45, 7) is 5.29. The van der Waals surface area contributed by atoms with Gasteiger partial charge in [-0.1, -0.05) is 13.8 Å². The van der Waals surface area contributed by atoms with E-state index in [2.05, 4.69) is 24.9 Å². The van der Waals surface area contributed by atoms with Crippen molar-refractivity contribution >= 4 is 12.2 Å². The van der Waals surface area contributed by atoms with Crippen molar-refractivity contribution in [3.63, 3.8) is 0 Å². The zero-order valence-corrected chi connectivity index (χ0v) is 23.1. The number of rotatable bonds is 10. The summed E-state index contributed by atoms with van der Waals surface area (Å²) < 4.78 is 47.0. The molecule has 9 nitrogen and oxygen atoms in total. The van der Waals surface area contributed by atoms with E-state index in [1.54, 1.807) is 25.3 Å². The number of carbonyl (C=O) groups excluding carboxylic acids is 1. The van der Waals surface area contributed by atoms with Crippen LogP contribution in [0, 0.1) is 12.7 Å². The van der Waals surface area contributed by atoms with Gasteiger partial charge in [0.15, 0.2) is 0 Å². The SMILES string of the molecule is CCC(C=O)(CC)c1nccc(COc2nc(N)nc(-c3ccc(F)cc3)c2-c2cc(C)nc(C(F)F)c2)n1.CO. The van der Waals surface area contributed by atoms with Crippen LogP contribution in [0.1, 0.15) is 56.0 Å². The maximum Gasteiger partial charge on any atom is 0.280 e. The fourth-order valence-electron chi connectivity index (χ4n) is 4.23. The largest absolute Gasteiger partial charge is 0.471 e. The number of aldehydes is 1. The molecule has 0 unspecified atom stereocenters. The molecule has 4 aromatic rings. The Morgan fingerprint density at radius 1 is 1.00 bits per heavy atom. The number of aryl methyl sites for hydroxylation is 1. The van der Waals surface area contributed by atoms with E-state index in [-0.39, 0.29) is 29.7 Å². The molecule has 0 saturated carbocycles. The summed E-state index contributed by atoms with van der Waals surface area (Å²) in [4.78, 5) is 33.3. The Bertz CT molecular complexity index is 1480. The molecule has 4 rings (SSSR count). The fourth-order valence-corrected chi connectivity index (χ4v) is 4.23. The molecule has 3 heterocycles. The summed E-state index contributed by atoms with van der Waals surface area (Å²) in [5.41, 5.74) is 6.93. The number of hydrogen-bond acceptors (Lipinski definition) is 9. The van der Waals surface area contributed by atoms with Crippen molar-refractivity contribution in [3.8, 4) is 28.3 Å². The Hall–Kier alpha value is -4.45. The Balaban J connectivity index is 0.00000226. The van der Waals surface area contributed by atoms with Crippen LogP contribution in [0.15, 0.2) is 48.7 Å². The fraction of sp³-hybridized carbons (Fsp3) is 0.310.